The number of halogens is 3. The molecule has 1 N–H and O–H groups in total. The number of aliphatic hydroxyl groups is 1. The molecule has 3 aromatic rings. The molecule has 3 fully saturated rings. The molecule has 7 rings (SSSR count). The highest BCUT2D eigenvalue weighted by Crippen LogP contribution is 2.66. The molecule has 8 nitrogen and oxygen atoms in total. The third kappa shape index (κ3) is 4.36. The van der Waals surface area contributed by atoms with Crippen LogP contribution in [-0.2, 0) is 25.7 Å². The Morgan fingerprint density at radius 3 is 2.28 bits per heavy atom. The second kappa shape index (κ2) is 11.3. The zero-order valence-electron chi connectivity index (χ0n) is 24.4. The van der Waals surface area contributed by atoms with Crippen LogP contribution in [0, 0.1) is 23.6 Å². The molecular weight excluding hydrogens is 634 g/mol. The lowest BCUT2D eigenvalue weighted by Crippen LogP contribution is -2.60. The number of anilines is 1. The van der Waals surface area contributed by atoms with Crippen molar-refractivity contribution in [3.8, 4) is 5.75 Å². The molecule has 2 saturated heterocycles. The van der Waals surface area contributed by atoms with Crippen molar-refractivity contribution in [2.45, 2.75) is 35.1 Å². The van der Waals surface area contributed by atoms with E-state index in [0.29, 0.717) is 16.9 Å². The van der Waals surface area contributed by atoms with E-state index in [4.69, 9.17) is 27.9 Å². The first kappa shape index (κ1) is 30.6. The smallest absolute Gasteiger partial charge is 0.258 e. The Hall–Kier alpha value is -4.05. The minimum Gasteiger partial charge on any atom is -0.491 e. The molecule has 0 unspecified atom stereocenters. The van der Waals surface area contributed by atoms with Crippen molar-refractivity contribution >= 4 is 52.5 Å². The summed E-state index contributed by atoms with van der Waals surface area (Å²) in [6.45, 7) is -0.215. The summed E-state index contributed by atoms with van der Waals surface area (Å²) in [6, 6.07) is 20.9. The van der Waals surface area contributed by atoms with Crippen LogP contribution in [0.25, 0.3) is 0 Å². The Morgan fingerprint density at radius 1 is 0.870 bits per heavy atom. The van der Waals surface area contributed by atoms with Crippen LogP contribution in [0.5, 0.6) is 5.75 Å². The van der Waals surface area contributed by atoms with Crippen LogP contribution < -0.4 is 9.64 Å². The highest BCUT2D eigenvalue weighted by Gasteiger charge is 2.76. The number of ether oxygens (including phenoxy) is 1. The number of hydrogen-bond acceptors (Lipinski definition) is 6. The highest BCUT2D eigenvalue weighted by atomic mass is 35.5. The van der Waals surface area contributed by atoms with Crippen LogP contribution in [0.4, 0.5) is 10.1 Å². The Bertz CT molecular complexity index is 1780. The fourth-order valence-corrected chi connectivity index (χ4v) is 8.66. The van der Waals surface area contributed by atoms with Gasteiger partial charge in [0.1, 0.15) is 18.2 Å². The van der Waals surface area contributed by atoms with Crippen LogP contribution in [0.1, 0.15) is 29.9 Å². The second-order valence-corrected chi connectivity index (χ2v) is 13.4. The number of likely N-dealkylation sites (tertiary alicyclic amines) is 1. The zero-order valence-corrected chi connectivity index (χ0v) is 26.0. The Kier molecular flexibility index (Phi) is 7.54. The molecule has 2 heterocycles. The van der Waals surface area contributed by atoms with E-state index < -0.39 is 51.1 Å². The molecule has 1 saturated carbocycles. The molecule has 4 aliphatic rings. The number of carbonyl (C=O) groups excluding carboxylic acids is 4. The van der Waals surface area contributed by atoms with Gasteiger partial charge in [-0.05, 0) is 54.7 Å². The summed E-state index contributed by atoms with van der Waals surface area (Å²) in [6.07, 6.45) is 1.91. The van der Waals surface area contributed by atoms with Gasteiger partial charge in [0, 0.05) is 11.5 Å². The first-order valence-electron chi connectivity index (χ1n) is 15.1. The molecule has 11 heteroatoms. The summed E-state index contributed by atoms with van der Waals surface area (Å²) in [7, 11) is 0. The predicted molar refractivity (Wildman–Crippen MR) is 168 cm³/mol. The van der Waals surface area contributed by atoms with Crippen LogP contribution in [0.15, 0.2) is 90.5 Å². The van der Waals surface area contributed by atoms with Gasteiger partial charge in [-0.25, -0.2) is 9.29 Å². The number of fused-ring (bicyclic) bond motifs is 4. The quantitative estimate of drug-likeness (QED) is 0.218. The van der Waals surface area contributed by atoms with Gasteiger partial charge < -0.3 is 9.84 Å². The van der Waals surface area contributed by atoms with E-state index in [0.717, 1.165) is 22.6 Å². The average Bonchev–Trinajstić information content (AvgIpc) is 3.38. The lowest BCUT2D eigenvalue weighted by atomic mass is 9.56. The lowest BCUT2D eigenvalue weighted by molar-refractivity contribution is -0.141. The molecule has 3 aromatic carbocycles. The number of nitrogens with zero attached hydrogens (tertiary/aromatic N) is 2. The van der Waals surface area contributed by atoms with E-state index in [2.05, 4.69) is 0 Å². The summed E-state index contributed by atoms with van der Waals surface area (Å²) in [5.74, 6) is -5.74. The first-order chi connectivity index (χ1) is 22.1. The molecule has 0 spiro atoms. The highest BCUT2D eigenvalue weighted by molar-refractivity contribution is 6.58. The van der Waals surface area contributed by atoms with E-state index in [1.807, 2.05) is 36.4 Å². The van der Waals surface area contributed by atoms with Gasteiger partial charge in [0.15, 0.2) is 9.75 Å². The molecular formula is C35H29Cl2FN2O6. The van der Waals surface area contributed by atoms with Gasteiger partial charge in [0.2, 0.25) is 11.8 Å². The minimum atomic E-state index is -2.08. The maximum Gasteiger partial charge on any atom is 0.258 e. The van der Waals surface area contributed by atoms with Crippen LogP contribution in [-0.4, -0.2) is 56.6 Å². The Labute approximate surface area is 274 Å². The number of imide groups is 2. The molecule has 0 aromatic heterocycles. The van der Waals surface area contributed by atoms with E-state index >= 15 is 0 Å². The van der Waals surface area contributed by atoms with Crippen molar-refractivity contribution in [1.82, 2.24) is 4.90 Å². The standard InChI is InChI=1S/C35H29Cl2FN2O6/c36-34-18-26-23(14-15-25-28(26)31(43)39(30(25)42)19-20-6-2-1-3-7-20)29(24-8-4-5-9-27(24)46-17-16-41)35(34,37)33(45)40(32(34)44)22-12-10-21(38)11-13-22/h1-14,25-26,28-29,41H,15-19H2/t25-,26+,28-,29+,34+,35-/m0/s1. The first-order valence-corrected chi connectivity index (χ1v) is 15.8. The molecule has 0 bridgehead atoms. The number of allylic oxidation sites excluding steroid dienone is 2. The molecule has 236 valence electrons. The van der Waals surface area contributed by atoms with Crippen molar-refractivity contribution in [3.05, 3.63) is 107 Å². The number of rotatable bonds is 7. The van der Waals surface area contributed by atoms with Crippen molar-refractivity contribution in [2.24, 2.45) is 17.8 Å². The van der Waals surface area contributed by atoms with Gasteiger partial charge in [0.25, 0.3) is 11.8 Å². The lowest BCUT2D eigenvalue weighted by Gasteiger charge is -2.51. The number of amides is 4. The fourth-order valence-electron chi connectivity index (χ4n) is 7.74. The maximum atomic E-state index is 14.5. The van der Waals surface area contributed by atoms with Gasteiger partial charge in [0.05, 0.1) is 30.7 Å². The predicted octanol–water partition coefficient (Wildman–Crippen LogP) is 4.96. The van der Waals surface area contributed by atoms with Gasteiger partial charge in [-0.2, -0.15) is 0 Å². The van der Waals surface area contributed by atoms with Gasteiger partial charge in [-0.15, -0.1) is 23.2 Å². The van der Waals surface area contributed by atoms with Crippen molar-refractivity contribution in [3.63, 3.8) is 0 Å². The Balaban J connectivity index is 1.38. The van der Waals surface area contributed by atoms with Gasteiger partial charge >= 0.3 is 0 Å². The normalized spacial score (nSPS) is 30.2. The summed E-state index contributed by atoms with van der Waals surface area (Å²) < 4.78 is 19.7. The number of benzene rings is 3. The number of para-hydroxylation sites is 1. The third-order valence-corrected chi connectivity index (χ3v) is 11.2. The topological polar surface area (TPSA) is 104 Å². The van der Waals surface area contributed by atoms with E-state index in [-0.39, 0.29) is 50.1 Å². The van der Waals surface area contributed by atoms with Crippen molar-refractivity contribution in [1.29, 1.82) is 0 Å². The Morgan fingerprint density at radius 2 is 1.57 bits per heavy atom. The average molecular weight is 664 g/mol. The summed E-state index contributed by atoms with van der Waals surface area (Å²) >= 11 is 14.8. The molecule has 4 amide bonds. The van der Waals surface area contributed by atoms with Crippen LogP contribution >= 0.6 is 23.2 Å². The molecule has 6 atom stereocenters. The number of hydrogen-bond donors (Lipinski definition) is 1. The van der Waals surface area contributed by atoms with Gasteiger partial charge in [-0.3, -0.25) is 24.1 Å². The van der Waals surface area contributed by atoms with E-state index in [1.54, 1.807) is 24.3 Å². The number of alkyl halides is 2. The molecule has 2 aliphatic heterocycles. The fraction of sp³-hybridized carbons (Fsp3) is 0.314. The number of carbonyl (C=O) groups is 4. The maximum absolute atomic E-state index is 14.5. The summed E-state index contributed by atoms with van der Waals surface area (Å²) in [5, 5.41) is 9.51. The molecule has 46 heavy (non-hydrogen) atoms. The van der Waals surface area contributed by atoms with Crippen molar-refractivity contribution in [2.75, 3.05) is 18.1 Å². The largest absolute Gasteiger partial charge is 0.491 e. The van der Waals surface area contributed by atoms with Crippen LogP contribution in [0.3, 0.4) is 0 Å². The second-order valence-electron chi connectivity index (χ2n) is 12.1. The van der Waals surface area contributed by atoms with E-state index in [9.17, 15) is 28.7 Å². The minimum absolute atomic E-state index is 0.0474. The summed E-state index contributed by atoms with van der Waals surface area (Å²) in [5.41, 5.74) is 1.97. The van der Waals surface area contributed by atoms with Crippen molar-refractivity contribution < 1.29 is 33.4 Å². The third-order valence-electron chi connectivity index (χ3n) is 9.75. The summed E-state index contributed by atoms with van der Waals surface area (Å²) in [4.78, 5) is 54.8. The zero-order chi connectivity index (χ0) is 32.4. The van der Waals surface area contributed by atoms with Crippen LogP contribution in [0.2, 0.25) is 0 Å². The van der Waals surface area contributed by atoms with Gasteiger partial charge in [-0.1, -0.05) is 60.2 Å². The number of aliphatic hydroxyl groups excluding tert-OH is 1. The molecule has 0 radical (unpaired) electrons. The monoisotopic (exact) mass is 662 g/mol. The van der Waals surface area contributed by atoms with E-state index in [1.165, 1.54) is 17.0 Å². The SMILES string of the molecule is O=C1[C@H]2[C@H](CC=C3[C@H]2C[C@@]2(Cl)C(=O)N(c4ccc(F)cc4)C(=O)[C@@]2(Cl)[C@H]3c2ccccc2OCCO)C(=O)N1Cc1ccccc1. The molecule has 2 aliphatic carbocycles.